The van der Waals surface area contributed by atoms with E-state index in [1.807, 2.05) is 0 Å². The van der Waals surface area contributed by atoms with Gasteiger partial charge < -0.3 is 9.47 Å². The fraction of sp³-hybridized carbons (Fsp3) is 0.360. The summed E-state index contributed by atoms with van der Waals surface area (Å²) in [6.07, 6.45) is 0.879. The van der Waals surface area contributed by atoms with E-state index in [2.05, 4.69) is 78.7 Å². The van der Waals surface area contributed by atoms with Crippen LogP contribution in [0.15, 0.2) is 60.0 Å². The molecular weight excluding hydrogens is 378 g/mol. The summed E-state index contributed by atoms with van der Waals surface area (Å²) in [5, 5.41) is 2.30. The Bertz CT molecular complexity index is 993. The molecule has 1 aromatic heterocycles. The van der Waals surface area contributed by atoms with Crippen LogP contribution in [0.5, 0.6) is 0 Å². The Labute approximate surface area is 176 Å². The molecule has 0 spiro atoms. The van der Waals surface area contributed by atoms with Crippen molar-refractivity contribution in [2.75, 3.05) is 19.8 Å². The van der Waals surface area contributed by atoms with Gasteiger partial charge in [-0.3, -0.25) is 4.90 Å². The molecule has 1 fully saturated rings. The van der Waals surface area contributed by atoms with Gasteiger partial charge in [0.15, 0.2) is 6.29 Å². The van der Waals surface area contributed by atoms with E-state index in [1.165, 1.54) is 27.8 Å². The van der Waals surface area contributed by atoms with Crippen LogP contribution in [-0.4, -0.2) is 24.7 Å². The van der Waals surface area contributed by atoms with Gasteiger partial charge in [0.25, 0.3) is 0 Å². The van der Waals surface area contributed by atoms with Crippen molar-refractivity contribution in [3.63, 3.8) is 0 Å². The molecule has 4 heteroatoms. The summed E-state index contributed by atoms with van der Waals surface area (Å²) < 4.78 is 11.5. The van der Waals surface area contributed by atoms with Crippen molar-refractivity contribution in [1.29, 1.82) is 0 Å². The van der Waals surface area contributed by atoms with Gasteiger partial charge in [0, 0.05) is 13.1 Å². The number of benzene rings is 2. The van der Waals surface area contributed by atoms with Gasteiger partial charge in [0.2, 0.25) is 0 Å². The van der Waals surface area contributed by atoms with Crippen molar-refractivity contribution in [1.82, 2.24) is 4.90 Å². The Morgan fingerprint density at radius 2 is 1.86 bits per heavy atom. The summed E-state index contributed by atoms with van der Waals surface area (Å²) >= 11 is 1.75. The van der Waals surface area contributed by atoms with Gasteiger partial charge in [-0.1, -0.05) is 54.1 Å². The van der Waals surface area contributed by atoms with E-state index < -0.39 is 0 Å². The summed E-state index contributed by atoms with van der Waals surface area (Å²) in [5.41, 5.74) is 6.71. The third-order valence-corrected chi connectivity index (χ3v) is 7.28. The number of aryl methyl sites for hydroxylation is 1. The van der Waals surface area contributed by atoms with Gasteiger partial charge in [-0.25, -0.2) is 0 Å². The normalized spacial score (nSPS) is 22.7. The number of rotatable bonds is 4. The zero-order valence-corrected chi connectivity index (χ0v) is 17.9. The van der Waals surface area contributed by atoms with Crippen LogP contribution in [0.2, 0.25) is 0 Å². The van der Waals surface area contributed by atoms with Gasteiger partial charge in [-0.2, -0.15) is 0 Å². The molecule has 5 rings (SSSR count). The smallest absolute Gasteiger partial charge is 0.193 e. The molecule has 2 aliphatic heterocycles. The zero-order chi connectivity index (χ0) is 19.8. The Kier molecular flexibility index (Phi) is 5.04. The number of ether oxygens (including phenoxy) is 2. The van der Waals surface area contributed by atoms with Gasteiger partial charge in [0.05, 0.1) is 23.6 Å². The molecule has 29 heavy (non-hydrogen) atoms. The van der Waals surface area contributed by atoms with Crippen LogP contribution in [0.4, 0.5) is 0 Å². The number of hydrogen-bond donors (Lipinski definition) is 0. The van der Waals surface area contributed by atoms with E-state index in [-0.39, 0.29) is 11.8 Å². The van der Waals surface area contributed by atoms with Gasteiger partial charge in [-0.05, 0) is 54.0 Å². The van der Waals surface area contributed by atoms with E-state index in [9.17, 15) is 0 Å². The molecule has 3 heterocycles. The molecule has 0 saturated carbocycles. The van der Waals surface area contributed by atoms with Crippen molar-refractivity contribution in [3.8, 4) is 0 Å². The Hall–Kier alpha value is -1.98. The van der Waals surface area contributed by atoms with Gasteiger partial charge in [-0.15, -0.1) is 11.3 Å². The first-order valence-corrected chi connectivity index (χ1v) is 11.2. The molecule has 2 aromatic carbocycles. The van der Waals surface area contributed by atoms with Crippen LogP contribution >= 0.6 is 11.3 Å². The van der Waals surface area contributed by atoms with Crippen molar-refractivity contribution >= 4 is 11.3 Å². The van der Waals surface area contributed by atoms with Gasteiger partial charge >= 0.3 is 0 Å². The Morgan fingerprint density at radius 3 is 2.66 bits per heavy atom. The molecule has 0 radical (unpaired) electrons. The lowest BCUT2D eigenvalue weighted by Crippen LogP contribution is -2.48. The maximum atomic E-state index is 5.76. The first kappa shape index (κ1) is 19.0. The van der Waals surface area contributed by atoms with Crippen molar-refractivity contribution < 1.29 is 9.47 Å². The predicted molar refractivity (Wildman–Crippen MR) is 117 cm³/mol. The molecule has 150 valence electrons. The van der Waals surface area contributed by atoms with E-state index in [0.29, 0.717) is 13.2 Å². The minimum atomic E-state index is -0.208. The van der Waals surface area contributed by atoms with Crippen LogP contribution in [0, 0.1) is 6.92 Å². The summed E-state index contributed by atoms with van der Waals surface area (Å²) in [6, 6.07) is 20.0. The van der Waals surface area contributed by atoms with Crippen LogP contribution in [0.1, 0.15) is 45.9 Å². The topological polar surface area (TPSA) is 21.7 Å². The molecule has 1 atom stereocenters. The standard InChI is InChI=1S/C25H27NO2S/c1-18-8-9-20-10-11-26(16-19-6-4-3-5-7-19)25(2,22(20)14-18)21-15-23(29-17-21)24-27-12-13-28-24/h3-9,14-15,17,24H,10-13,16H2,1-2H3. The maximum absolute atomic E-state index is 5.76. The molecule has 3 aromatic rings. The lowest BCUT2D eigenvalue weighted by molar-refractivity contribution is -0.0414. The van der Waals surface area contributed by atoms with Crippen LogP contribution in [0.25, 0.3) is 0 Å². The number of fused-ring (bicyclic) bond motifs is 1. The highest BCUT2D eigenvalue weighted by Gasteiger charge is 2.41. The average molecular weight is 406 g/mol. The molecule has 3 nitrogen and oxygen atoms in total. The third-order valence-electron chi connectivity index (χ3n) is 6.33. The second-order valence-corrected chi connectivity index (χ2v) is 9.14. The minimum Gasteiger partial charge on any atom is -0.345 e. The second-order valence-electron chi connectivity index (χ2n) is 8.20. The fourth-order valence-corrected chi connectivity index (χ4v) is 5.65. The van der Waals surface area contributed by atoms with Crippen molar-refractivity contribution in [2.24, 2.45) is 0 Å². The summed E-state index contributed by atoms with van der Waals surface area (Å²) in [6.45, 7) is 7.91. The maximum Gasteiger partial charge on any atom is 0.193 e. The molecule has 0 bridgehead atoms. The molecule has 0 aliphatic carbocycles. The lowest BCUT2D eigenvalue weighted by atomic mass is 9.77. The van der Waals surface area contributed by atoms with Crippen LogP contribution in [-0.2, 0) is 28.0 Å². The molecule has 0 amide bonds. The van der Waals surface area contributed by atoms with E-state index in [4.69, 9.17) is 9.47 Å². The first-order valence-electron chi connectivity index (χ1n) is 10.4. The molecule has 1 saturated heterocycles. The summed E-state index contributed by atoms with van der Waals surface area (Å²) in [7, 11) is 0. The highest BCUT2D eigenvalue weighted by atomic mass is 32.1. The Morgan fingerprint density at radius 1 is 1.07 bits per heavy atom. The van der Waals surface area contributed by atoms with Crippen LogP contribution < -0.4 is 0 Å². The quantitative estimate of drug-likeness (QED) is 0.578. The third kappa shape index (κ3) is 3.44. The molecule has 0 N–H and O–H groups in total. The Balaban J connectivity index is 1.58. The molecule has 1 unspecified atom stereocenters. The van der Waals surface area contributed by atoms with E-state index in [0.717, 1.165) is 24.4 Å². The SMILES string of the molecule is Cc1ccc2c(c1)C(C)(c1csc(C3OCCO3)c1)N(Cc1ccccc1)CC2. The number of nitrogens with zero attached hydrogens (tertiary/aromatic N) is 1. The minimum absolute atomic E-state index is 0.178. The molecule has 2 aliphatic rings. The van der Waals surface area contributed by atoms with Crippen LogP contribution in [0.3, 0.4) is 0 Å². The molecular formula is C25H27NO2S. The van der Waals surface area contributed by atoms with E-state index in [1.54, 1.807) is 11.3 Å². The summed E-state index contributed by atoms with van der Waals surface area (Å²) in [5.74, 6) is 0. The number of thiophene rings is 1. The van der Waals surface area contributed by atoms with E-state index >= 15 is 0 Å². The zero-order valence-electron chi connectivity index (χ0n) is 17.1. The van der Waals surface area contributed by atoms with Gasteiger partial charge in [0.1, 0.15) is 0 Å². The highest BCUT2D eigenvalue weighted by molar-refractivity contribution is 7.10. The largest absolute Gasteiger partial charge is 0.345 e. The average Bonchev–Trinajstić information content (AvgIpc) is 3.43. The predicted octanol–water partition coefficient (Wildman–Crippen LogP) is 5.42. The number of hydrogen-bond acceptors (Lipinski definition) is 4. The first-order chi connectivity index (χ1) is 14.1. The monoisotopic (exact) mass is 405 g/mol. The van der Waals surface area contributed by atoms with Crippen molar-refractivity contribution in [2.45, 2.75) is 38.6 Å². The highest BCUT2D eigenvalue weighted by Crippen LogP contribution is 2.44. The van der Waals surface area contributed by atoms with Crippen molar-refractivity contribution in [3.05, 3.63) is 92.7 Å². The summed E-state index contributed by atoms with van der Waals surface area (Å²) in [4.78, 5) is 3.80. The fourth-order valence-electron chi connectivity index (χ4n) is 4.64. The second kappa shape index (κ2) is 7.69. The lowest BCUT2D eigenvalue weighted by Gasteiger charge is -2.46.